The molecule has 4 nitrogen and oxygen atoms in total. The molecule has 2 aromatic carbocycles. The van der Waals surface area contributed by atoms with Crippen LogP contribution in [-0.4, -0.2) is 5.91 Å². The van der Waals surface area contributed by atoms with Crippen LogP contribution in [0.3, 0.4) is 0 Å². The van der Waals surface area contributed by atoms with E-state index in [1.54, 1.807) is 13.0 Å². The summed E-state index contributed by atoms with van der Waals surface area (Å²) < 4.78 is 18.8. The third-order valence-corrected chi connectivity index (χ3v) is 3.76. The summed E-state index contributed by atoms with van der Waals surface area (Å²) in [5, 5.41) is 12.3. The van der Waals surface area contributed by atoms with Crippen molar-refractivity contribution in [1.29, 1.82) is 5.26 Å². The van der Waals surface area contributed by atoms with Crippen molar-refractivity contribution < 1.29 is 13.6 Å². The van der Waals surface area contributed by atoms with Gasteiger partial charge in [0, 0.05) is 16.6 Å². The molecule has 0 spiro atoms. The maximum Gasteiger partial charge on any atom is 0.291 e. The van der Waals surface area contributed by atoms with Crippen molar-refractivity contribution in [3.05, 3.63) is 64.1 Å². The molecule has 0 bridgehead atoms. The van der Waals surface area contributed by atoms with Crippen LogP contribution in [0.2, 0.25) is 5.02 Å². The van der Waals surface area contributed by atoms with Gasteiger partial charge in [-0.25, -0.2) is 4.39 Å². The Balaban J connectivity index is 1.93. The van der Waals surface area contributed by atoms with Crippen LogP contribution in [0.5, 0.6) is 0 Å². The number of hydrogen-bond donors (Lipinski definition) is 1. The Morgan fingerprint density at radius 1 is 1.30 bits per heavy atom. The van der Waals surface area contributed by atoms with Crippen LogP contribution in [-0.2, 0) is 0 Å². The Bertz CT molecular complexity index is 973. The summed E-state index contributed by atoms with van der Waals surface area (Å²) >= 11 is 5.93. The van der Waals surface area contributed by atoms with Gasteiger partial charge in [-0.3, -0.25) is 4.79 Å². The van der Waals surface area contributed by atoms with Crippen LogP contribution in [0.4, 0.5) is 10.1 Å². The standard InChI is InChI=1S/C17H10ClFN2O2/c1-9-13-6-11(19)3-5-15(13)23-16(9)17(22)21-12-4-2-10(8-20)14(18)7-12/h2-7H,1H3,(H,21,22). The van der Waals surface area contributed by atoms with E-state index in [9.17, 15) is 9.18 Å². The number of nitriles is 1. The van der Waals surface area contributed by atoms with Crippen LogP contribution < -0.4 is 5.32 Å². The van der Waals surface area contributed by atoms with E-state index in [0.717, 1.165) is 0 Å². The molecule has 0 atom stereocenters. The monoisotopic (exact) mass is 328 g/mol. The summed E-state index contributed by atoms with van der Waals surface area (Å²) in [4.78, 5) is 12.3. The number of anilines is 1. The van der Waals surface area contributed by atoms with Gasteiger partial charge in [-0.15, -0.1) is 0 Å². The van der Waals surface area contributed by atoms with Gasteiger partial charge in [0.05, 0.1) is 10.6 Å². The molecule has 1 amide bonds. The number of nitrogens with one attached hydrogen (secondary N) is 1. The van der Waals surface area contributed by atoms with Crippen molar-refractivity contribution in [3.63, 3.8) is 0 Å². The van der Waals surface area contributed by atoms with Crippen molar-refractivity contribution in [3.8, 4) is 6.07 Å². The fraction of sp³-hybridized carbons (Fsp3) is 0.0588. The molecule has 0 saturated heterocycles. The topological polar surface area (TPSA) is 66.0 Å². The molecule has 0 unspecified atom stereocenters. The lowest BCUT2D eigenvalue weighted by Gasteiger charge is -2.05. The first-order valence-electron chi connectivity index (χ1n) is 6.69. The second kappa shape index (κ2) is 5.75. The van der Waals surface area contributed by atoms with Crippen molar-refractivity contribution in [2.45, 2.75) is 6.92 Å². The minimum absolute atomic E-state index is 0.103. The van der Waals surface area contributed by atoms with E-state index >= 15 is 0 Å². The van der Waals surface area contributed by atoms with Gasteiger partial charge >= 0.3 is 0 Å². The molecular formula is C17H10ClFN2O2. The average Bonchev–Trinajstić information content (AvgIpc) is 2.84. The number of carbonyl (C=O) groups excluding carboxylic acids is 1. The van der Waals surface area contributed by atoms with Crippen LogP contribution in [0.15, 0.2) is 40.8 Å². The number of hydrogen-bond acceptors (Lipinski definition) is 3. The predicted molar refractivity (Wildman–Crippen MR) is 85.0 cm³/mol. The molecule has 6 heteroatoms. The second-order valence-electron chi connectivity index (χ2n) is 4.96. The summed E-state index contributed by atoms with van der Waals surface area (Å²) in [5.74, 6) is -0.766. The minimum atomic E-state index is -0.472. The molecular weight excluding hydrogens is 319 g/mol. The van der Waals surface area contributed by atoms with Crippen LogP contribution >= 0.6 is 11.6 Å². The van der Waals surface area contributed by atoms with Gasteiger partial charge in [0.15, 0.2) is 5.76 Å². The van der Waals surface area contributed by atoms with Gasteiger partial charge in [-0.2, -0.15) is 5.26 Å². The highest BCUT2D eigenvalue weighted by molar-refractivity contribution is 6.32. The second-order valence-corrected chi connectivity index (χ2v) is 5.36. The normalized spacial score (nSPS) is 10.5. The molecule has 0 aliphatic rings. The fourth-order valence-corrected chi connectivity index (χ4v) is 2.50. The Hall–Kier alpha value is -2.84. The van der Waals surface area contributed by atoms with E-state index in [1.807, 2.05) is 6.07 Å². The first-order chi connectivity index (χ1) is 11.0. The number of fused-ring (bicyclic) bond motifs is 1. The molecule has 0 saturated carbocycles. The fourth-order valence-electron chi connectivity index (χ4n) is 2.28. The van der Waals surface area contributed by atoms with E-state index < -0.39 is 11.7 Å². The zero-order valence-electron chi connectivity index (χ0n) is 12.0. The third kappa shape index (κ3) is 2.77. The first-order valence-corrected chi connectivity index (χ1v) is 7.07. The third-order valence-electron chi connectivity index (χ3n) is 3.45. The number of halogens is 2. The highest BCUT2D eigenvalue weighted by Crippen LogP contribution is 2.27. The summed E-state index contributed by atoms with van der Waals surface area (Å²) in [6, 6.07) is 10.6. The molecule has 0 fully saturated rings. The highest BCUT2D eigenvalue weighted by Gasteiger charge is 2.18. The Morgan fingerprint density at radius 3 is 2.78 bits per heavy atom. The van der Waals surface area contributed by atoms with Crippen molar-refractivity contribution in [2.24, 2.45) is 0 Å². The molecule has 3 aromatic rings. The van der Waals surface area contributed by atoms with Crippen molar-refractivity contribution in [2.75, 3.05) is 5.32 Å². The van der Waals surface area contributed by atoms with Gasteiger partial charge in [-0.05, 0) is 43.3 Å². The molecule has 1 aromatic heterocycles. The van der Waals surface area contributed by atoms with E-state index in [1.165, 1.54) is 30.3 Å². The lowest BCUT2D eigenvalue weighted by atomic mass is 10.1. The molecule has 0 aliphatic heterocycles. The number of aryl methyl sites for hydroxylation is 1. The smallest absolute Gasteiger partial charge is 0.291 e. The number of benzene rings is 2. The van der Waals surface area contributed by atoms with E-state index in [4.69, 9.17) is 21.3 Å². The molecule has 23 heavy (non-hydrogen) atoms. The van der Waals surface area contributed by atoms with E-state index in [2.05, 4.69) is 5.32 Å². The zero-order chi connectivity index (χ0) is 16.6. The molecule has 0 aliphatic carbocycles. The first kappa shape index (κ1) is 15.1. The van der Waals surface area contributed by atoms with Gasteiger partial charge in [0.1, 0.15) is 17.5 Å². The van der Waals surface area contributed by atoms with E-state index in [-0.39, 0.29) is 10.8 Å². The lowest BCUT2D eigenvalue weighted by Crippen LogP contribution is -2.12. The molecule has 3 rings (SSSR count). The van der Waals surface area contributed by atoms with Crippen molar-refractivity contribution in [1.82, 2.24) is 0 Å². The number of furan rings is 1. The largest absolute Gasteiger partial charge is 0.451 e. The summed E-state index contributed by atoms with van der Waals surface area (Å²) in [6.07, 6.45) is 0. The van der Waals surface area contributed by atoms with Gasteiger partial charge < -0.3 is 9.73 Å². The van der Waals surface area contributed by atoms with Crippen molar-refractivity contribution >= 4 is 34.2 Å². The van der Waals surface area contributed by atoms with E-state index in [0.29, 0.717) is 27.8 Å². The summed E-state index contributed by atoms with van der Waals surface area (Å²) in [5.41, 5.74) is 1.74. The SMILES string of the molecule is Cc1c(C(=O)Nc2ccc(C#N)c(Cl)c2)oc2ccc(F)cc12. The quantitative estimate of drug-likeness (QED) is 0.744. The van der Waals surface area contributed by atoms with Crippen LogP contribution in [0.1, 0.15) is 21.7 Å². The Kier molecular flexibility index (Phi) is 3.77. The molecule has 1 heterocycles. The number of nitrogens with zero attached hydrogens (tertiary/aromatic N) is 1. The zero-order valence-corrected chi connectivity index (χ0v) is 12.7. The van der Waals surface area contributed by atoms with Crippen LogP contribution in [0.25, 0.3) is 11.0 Å². The van der Waals surface area contributed by atoms with Gasteiger partial charge in [0.2, 0.25) is 0 Å². The molecule has 114 valence electrons. The number of rotatable bonds is 2. The predicted octanol–water partition coefficient (Wildman–Crippen LogP) is 4.66. The minimum Gasteiger partial charge on any atom is -0.451 e. The summed E-state index contributed by atoms with van der Waals surface area (Å²) in [6.45, 7) is 1.69. The Labute approximate surface area is 136 Å². The average molecular weight is 329 g/mol. The number of amides is 1. The van der Waals surface area contributed by atoms with Gasteiger partial charge in [-0.1, -0.05) is 11.6 Å². The van der Waals surface area contributed by atoms with Gasteiger partial charge in [0.25, 0.3) is 5.91 Å². The number of carbonyl (C=O) groups is 1. The summed E-state index contributed by atoms with van der Waals surface area (Å²) in [7, 11) is 0. The Morgan fingerprint density at radius 2 is 2.09 bits per heavy atom. The van der Waals surface area contributed by atoms with Crippen LogP contribution in [0, 0.1) is 24.1 Å². The maximum atomic E-state index is 13.3. The maximum absolute atomic E-state index is 13.3. The molecule has 0 radical (unpaired) electrons. The highest BCUT2D eigenvalue weighted by atomic mass is 35.5. The molecule has 1 N–H and O–H groups in total. The lowest BCUT2D eigenvalue weighted by molar-refractivity contribution is 0.0998.